The Morgan fingerprint density at radius 3 is 2.18 bits per heavy atom. The number of benzene rings is 3. The molecule has 1 fully saturated rings. The normalized spacial score (nSPS) is 14.6. The number of Topliss-reactive ketones (excluding diaryl/α,β-unsaturated/α-hetero) is 1. The standard InChI is InChI=1S/C36H43N5O4/c1-35(2,3)27-15-17-29(18-16-27)45-30-14-7-9-24(19-30)21-36(34(44)40-23-32(37)43,41-28-12-5-4-6-13-28)22-31(42)25-10-8-11-26(20-25)33(38)39/h7-11,14-20H,4-6,12-13,21-23H2,1-3H3,(H2,37,43)(H3,38,39)(H,40,44)/t36-/m0/s1. The summed E-state index contributed by atoms with van der Waals surface area (Å²) in [6.45, 7) is 6.08. The minimum atomic E-state index is -1.56. The Labute approximate surface area is 265 Å². The van der Waals surface area contributed by atoms with Crippen LogP contribution in [0.25, 0.3) is 0 Å². The third-order valence-electron chi connectivity index (χ3n) is 7.95. The number of aliphatic imine (C=N–C) groups is 1. The summed E-state index contributed by atoms with van der Waals surface area (Å²) < 4.78 is 6.18. The second kappa shape index (κ2) is 14.3. The number of nitrogens with zero attached hydrogens (tertiary/aromatic N) is 1. The molecular formula is C36H43N5O4. The molecule has 45 heavy (non-hydrogen) atoms. The van der Waals surface area contributed by atoms with E-state index >= 15 is 0 Å². The lowest BCUT2D eigenvalue weighted by Gasteiger charge is -2.30. The molecule has 3 aromatic rings. The van der Waals surface area contributed by atoms with Crippen LogP contribution in [0.2, 0.25) is 0 Å². The molecule has 0 bridgehead atoms. The van der Waals surface area contributed by atoms with Gasteiger partial charge < -0.3 is 21.5 Å². The molecule has 9 nitrogen and oxygen atoms in total. The molecule has 0 aromatic heterocycles. The van der Waals surface area contributed by atoms with Crippen molar-refractivity contribution in [2.75, 3.05) is 6.54 Å². The van der Waals surface area contributed by atoms with Crippen molar-refractivity contribution in [2.45, 2.75) is 76.7 Å². The van der Waals surface area contributed by atoms with Gasteiger partial charge in [-0.25, -0.2) is 0 Å². The largest absolute Gasteiger partial charge is 0.457 e. The summed E-state index contributed by atoms with van der Waals surface area (Å²) in [6, 6.07) is 21.8. The van der Waals surface area contributed by atoms with Crippen LogP contribution in [-0.4, -0.2) is 41.2 Å². The Bertz CT molecular complexity index is 1580. The molecule has 2 amide bonds. The molecule has 1 atom stereocenters. The van der Waals surface area contributed by atoms with Crippen molar-refractivity contribution in [1.82, 2.24) is 5.32 Å². The van der Waals surface area contributed by atoms with E-state index in [0.717, 1.165) is 43.4 Å². The summed E-state index contributed by atoms with van der Waals surface area (Å²) >= 11 is 0. The van der Waals surface area contributed by atoms with Gasteiger partial charge in [0.2, 0.25) is 11.8 Å². The molecule has 0 heterocycles. The van der Waals surface area contributed by atoms with Crippen molar-refractivity contribution in [3.8, 4) is 11.5 Å². The molecule has 1 aliphatic carbocycles. The van der Waals surface area contributed by atoms with Gasteiger partial charge in [-0.15, -0.1) is 0 Å². The molecule has 4 rings (SSSR count). The Morgan fingerprint density at radius 1 is 0.867 bits per heavy atom. The van der Waals surface area contributed by atoms with Gasteiger partial charge in [0.05, 0.1) is 6.54 Å². The number of hydrogen-bond donors (Lipinski definition) is 4. The van der Waals surface area contributed by atoms with Crippen LogP contribution in [-0.2, 0) is 21.4 Å². The summed E-state index contributed by atoms with van der Waals surface area (Å²) in [5, 5.41) is 10.4. The predicted molar refractivity (Wildman–Crippen MR) is 177 cm³/mol. The number of rotatable bonds is 12. The molecule has 0 radical (unpaired) electrons. The molecule has 6 N–H and O–H groups in total. The molecule has 9 heteroatoms. The summed E-state index contributed by atoms with van der Waals surface area (Å²) in [6.07, 6.45) is 4.25. The van der Waals surface area contributed by atoms with Crippen LogP contribution in [0.15, 0.2) is 77.8 Å². The van der Waals surface area contributed by atoms with Crippen molar-refractivity contribution in [2.24, 2.45) is 16.5 Å². The zero-order chi connectivity index (χ0) is 32.6. The van der Waals surface area contributed by atoms with Crippen molar-refractivity contribution in [3.05, 3.63) is 95.1 Å². The number of carbonyl (C=O) groups is 3. The molecule has 1 saturated carbocycles. The first-order valence-corrected chi connectivity index (χ1v) is 15.3. The van der Waals surface area contributed by atoms with Gasteiger partial charge in [0, 0.05) is 29.7 Å². The number of nitrogens with two attached hydrogens (primary N) is 2. The number of amidine groups is 1. The van der Waals surface area contributed by atoms with Crippen LogP contribution < -0.4 is 21.5 Å². The number of hydrogen-bond acceptors (Lipinski definition) is 6. The highest BCUT2D eigenvalue weighted by atomic mass is 16.5. The van der Waals surface area contributed by atoms with Gasteiger partial charge in [-0.1, -0.05) is 69.7 Å². The van der Waals surface area contributed by atoms with Crippen LogP contribution in [0, 0.1) is 5.41 Å². The Morgan fingerprint density at radius 2 is 1.53 bits per heavy atom. The molecule has 236 valence electrons. The molecule has 1 aliphatic rings. The number of amides is 2. The topological polar surface area (TPSA) is 161 Å². The van der Waals surface area contributed by atoms with E-state index in [4.69, 9.17) is 26.6 Å². The fourth-order valence-corrected chi connectivity index (χ4v) is 5.50. The maximum Gasteiger partial charge on any atom is 0.249 e. The molecular weight excluding hydrogens is 566 g/mol. The zero-order valence-electron chi connectivity index (χ0n) is 26.3. The van der Waals surface area contributed by atoms with E-state index in [1.54, 1.807) is 24.3 Å². The highest BCUT2D eigenvalue weighted by Crippen LogP contribution is 2.32. The van der Waals surface area contributed by atoms with Crippen molar-refractivity contribution in [1.29, 1.82) is 5.41 Å². The molecule has 3 aromatic carbocycles. The molecule has 0 unspecified atom stereocenters. The van der Waals surface area contributed by atoms with Gasteiger partial charge in [0.25, 0.3) is 0 Å². The SMILES string of the molecule is CC(C)(C)c1ccc(Oc2cccc(C[C@@](CC(=O)c3cccc(C(=N)N)c3)(N=C3CCCCC3)C(=O)NCC(N)=O)c2)cc1. The Hall–Kier alpha value is -4.79. The third kappa shape index (κ3) is 9.11. The van der Waals surface area contributed by atoms with Crippen molar-refractivity contribution in [3.63, 3.8) is 0 Å². The second-order valence-electron chi connectivity index (χ2n) is 12.7. The van der Waals surface area contributed by atoms with Gasteiger partial charge in [-0.2, -0.15) is 0 Å². The highest BCUT2D eigenvalue weighted by molar-refractivity contribution is 6.05. The number of nitrogen functional groups attached to an aromatic ring is 1. The van der Waals surface area contributed by atoms with Crippen molar-refractivity contribution < 1.29 is 19.1 Å². The Kier molecular flexibility index (Phi) is 10.5. The van der Waals surface area contributed by atoms with Gasteiger partial charge >= 0.3 is 0 Å². The minimum absolute atomic E-state index is 0.0154. The van der Waals surface area contributed by atoms with Crippen LogP contribution in [0.5, 0.6) is 11.5 Å². The summed E-state index contributed by atoms with van der Waals surface area (Å²) in [7, 11) is 0. The molecule has 0 saturated heterocycles. The van der Waals surface area contributed by atoms with Crippen LogP contribution in [0.3, 0.4) is 0 Å². The van der Waals surface area contributed by atoms with Gasteiger partial charge in [0.1, 0.15) is 22.9 Å². The van der Waals surface area contributed by atoms with E-state index in [9.17, 15) is 14.4 Å². The van der Waals surface area contributed by atoms with E-state index in [-0.39, 0.29) is 36.4 Å². The van der Waals surface area contributed by atoms with Crippen LogP contribution in [0.1, 0.15) is 86.3 Å². The zero-order valence-corrected chi connectivity index (χ0v) is 26.3. The first-order valence-electron chi connectivity index (χ1n) is 15.3. The third-order valence-corrected chi connectivity index (χ3v) is 7.95. The summed E-state index contributed by atoms with van der Waals surface area (Å²) in [4.78, 5) is 44.6. The first kappa shape index (κ1) is 33.1. The monoisotopic (exact) mass is 609 g/mol. The number of ether oxygens (including phenoxy) is 1. The van der Waals surface area contributed by atoms with Gasteiger partial charge in [-0.3, -0.25) is 24.8 Å². The minimum Gasteiger partial charge on any atom is -0.457 e. The van der Waals surface area contributed by atoms with Crippen molar-refractivity contribution >= 4 is 29.1 Å². The lowest BCUT2D eigenvalue weighted by atomic mass is 9.82. The average molecular weight is 610 g/mol. The number of nitrogens with one attached hydrogen (secondary N) is 2. The fraction of sp³-hybridized carbons (Fsp3) is 0.361. The van der Waals surface area contributed by atoms with Crippen LogP contribution >= 0.6 is 0 Å². The van der Waals surface area contributed by atoms with Crippen LogP contribution in [0.4, 0.5) is 0 Å². The highest BCUT2D eigenvalue weighted by Gasteiger charge is 2.41. The second-order valence-corrected chi connectivity index (χ2v) is 12.7. The van der Waals surface area contributed by atoms with E-state index in [1.807, 2.05) is 48.5 Å². The predicted octanol–water partition coefficient (Wildman–Crippen LogP) is 5.62. The quantitative estimate of drug-likeness (QED) is 0.119. The summed E-state index contributed by atoms with van der Waals surface area (Å²) in [5.74, 6) is -0.501. The number of ketones is 1. The maximum absolute atomic E-state index is 14.0. The lowest BCUT2D eigenvalue weighted by molar-refractivity contribution is -0.128. The summed E-state index contributed by atoms with van der Waals surface area (Å²) in [5.41, 5.74) is 13.0. The number of carbonyl (C=O) groups excluding carboxylic acids is 3. The first-order chi connectivity index (χ1) is 21.3. The van der Waals surface area contributed by atoms with E-state index < -0.39 is 17.4 Å². The van der Waals surface area contributed by atoms with Gasteiger partial charge in [0.15, 0.2) is 5.78 Å². The number of primary amides is 1. The molecule has 0 spiro atoms. The van der Waals surface area contributed by atoms with Gasteiger partial charge in [-0.05, 0) is 72.6 Å². The molecule has 0 aliphatic heterocycles. The smallest absolute Gasteiger partial charge is 0.249 e. The van der Waals surface area contributed by atoms with E-state index in [1.165, 1.54) is 5.56 Å². The van der Waals surface area contributed by atoms with E-state index in [0.29, 0.717) is 22.6 Å². The lowest BCUT2D eigenvalue weighted by Crippen LogP contribution is -2.51. The maximum atomic E-state index is 14.0. The Balaban J connectivity index is 1.72. The fourth-order valence-electron chi connectivity index (χ4n) is 5.50. The average Bonchev–Trinajstić information content (AvgIpc) is 3.00. The van der Waals surface area contributed by atoms with E-state index in [2.05, 4.69) is 26.1 Å².